The molecule has 2 nitrogen and oxygen atoms in total. The van der Waals surface area contributed by atoms with E-state index in [1.54, 1.807) is 24.3 Å². The molecule has 4 aromatic carbocycles. The lowest BCUT2D eigenvalue weighted by Crippen LogP contribution is -2.00. The van der Waals surface area contributed by atoms with E-state index < -0.39 is 5.97 Å². The molecule has 0 fully saturated rings. The topological polar surface area (TPSA) is 37.3 Å². The van der Waals surface area contributed by atoms with E-state index >= 15 is 0 Å². The molecule has 3 heteroatoms. The van der Waals surface area contributed by atoms with Crippen LogP contribution in [0.4, 0.5) is 4.39 Å². The van der Waals surface area contributed by atoms with Crippen molar-refractivity contribution in [3.8, 4) is 34.1 Å². The zero-order chi connectivity index (χ0) is 20.9. The number of carboxylic acids is 1. The minimum Gasteiger partial charge on any atom is -0.478 e. The van der Waals surface area contributed by atoms with Gasteiger partial charge in [-0.15, -0.1) is 0 Å². The zero-order valence-electron chi connectivity index (χ0n) is 16.0. The third-order valence-electron chi connectivity index (χ3n) is 4.76. The predicted molar refractivity (Wildman–Crippen MR) is 117 cm³/mol. The summed E-state index contributed by atoms with van der Waals surface area (Å²) in [4.78, 5) is 11.6. The zero-order valence-corrected chi connectivity index (χ0v) is 16.0. The minimum absolute atomic E-state index is 0.134. The average Bonchev–Trinajstić information content (AvgIpc) is 2.79. The summed E-state index contributed by atoms with van der Waals surface area (Å²) in [6, 6.07) is 28.9. The number of rotatable bonds is 3. The Morgan fingerprint density at radius 1 is 0.667 bits per heavy atom. The van der Waals surface area contributed by atoms with Gasteiger partial charge >= 0.3 is 5.97 Å². The molecule has 0 saturated carbocycles. The second-order valence-corrected chi connectivity index (χ2v) is 6.77. The maximum absolute atomic E-state index is 13.2. The maximum Gasteiger partial charge on any atom is 0.336 e. The molecule has 0 saturated heterocycles. The van der Waals surface area contributed by atoms with Crippen LogP contribution in [0, 0.1) is 17.7 Å². The first-order chi connectivity index (χ1) is 14.6. The van der Waals surface area contributed by atoms with Gasteiger partial charge in [-0.2, -0.15) is 0 Å². The summed E-state index contributed by atoms with van der Waals surface area (Å²) < 4.78 is 13.2. The van der Waals surface area contributed by atoms with Gasteiger partial charge in [-0.25, -0.2) is 9.18 Å². The second kappa shape index (κ2) is 8.46. The van der Waals surface area contributed by atoms with Crippen molar-refractivity contribution in [2.75, 3.05) is 0 Å². The number of carboxylic acid groups (broad SMARTS) is 1. The molecule has 4 rings (SSSR count). The molecule has 0 heterocycles. The van der Waals surface area contributed by atoms with Gasteiger partial charge in [0.2, 0.25) is 0 Å². The maximum atomic E-state index is 13.2. The van der Waals surface area contributed by atoms with Gasteiger partial charge in [0.1, 0.15) is 5.82 Å². The van der Waals surface area contributed by atoms with E-state index in [1.807, 2.05) is 54.6 Å². The number of aromatic carboxylic acids is 1. The van der Waals surface area contributed by atoms with Crippen molar-refractivity contribution < 1.29 is 14.3 Å². The van der Waals surface area contributed by atoms with Crippen LogP contribution in [0.1, 0.15) is 21.5 Å². The molecule has 30 heavy (non-hydrogen) atoms. The van der Waals surface area contributed by atoms with Gasteiger partial charge < -0.3 is 5.11 Å². The molecule has 0 unspecified atom stereocenters. The summed E-state index contributed by atoms with van der Waals surface area (Å²) in [5.41, 5.74) is 5.12. The Labute approximate surface area is 174 Å². The molecule has 0 aliphatic heterocycles. The van der Waals surface area contributed by atoms with Gasteiger partial charge in [-0.3, -0.25) is 0 Å². The molecule has 0 atom stereocenters. The highest BCUT2D eigenvalue weighted by Gasteiger charge is 2.10. The Balaban J connectivity index is 1.67. The number of carbonyl (C=O) groups is 1. The summed E-state index contributed by atoms with van der Waals surface area (Å²) in [5, 5.41) is 9.51. The Morgan fingerprint density at radius 2 is 1.23 bits per heavy atom. The lowest BCUT2D eigenvalue weighted by atomic mass is 9.99. The van der Waals surface area contributed by atoms with Crippen molar-refractivity contribution in [2.45, 2.75) is 0 Å². The van der Waals surface area contributed by atoms with Crippen LogP contribution in [-0.2, 0) is 0 Å². The van der Waals surface area contributed by atoms with Crippen LogP contribution < -0.4 is 0 Å². The first kappa shape index (κ1) is 19.2. The van der Waals surface area contributed by atoms with Crippen molar-refractivity contribution in [3.63, 3.8) is 0 Å². The van der Waals surface area contributed by atoms with E-state index in [-0.39, 0.29) is 11.4 Å². The Bertz CT molecular complexity index is 1250. The van der Waals surface area contributed by atoms with Crippen molar-refractivity contribution in [3.05, 3.63) is 120 Å². The van der Waals surface area contributed by atoms with Gasteiger partial charge in [-0.05, 0) is 58.7 Å². The fourth-order valence-electron chi connectivity index (χ4n) is 3.17. The molecule has 4 aromatic rings. The van der Waals surface area contributed by atoms with Crippen molar-refractivity contribution >= 4 is 5.97 Å². The van der Waals surface area contributed by atoms with Gasteiger partial charge in [0, 0.05) is 11.1 Å². The van der Waals surface area contributed by atoms with E-state index in [9.17, 15) is 14.3 Å². The molecule has 0 aliphatic rings. The highest BCUT2D eigenvalue weighted by atomic mass is 19.1. The Kier molecular flexibility index (Phi) is 5.41. The van der Waals surface area contributed by atoms with Crippen LogP contribution in [0.3, 0.4) is 0 Å². The Hall–Kier alpha value is -4.16. The van der Waals surface area contributed by atoms with Gasteiger partial charge in [0.05, 0.1) is 5.56 Å². The highest BCUT2D eigenvalue weighted by Crippen LogP contribution is 2.23. The number of benzene rings is 4. The monoisotopic (exact) mass is 392 g/mol. The largest absolute Gasteiger partial charge is 0.478 e. The molecule has 0 amide bonds. The molecule has 0 aromatic heterocycles. The number of hydrogen-bond donors (Lipinski definition) is 1. The smallest absolute Gasteiger partial charge is 0.336 e. The first-order valence-electron chi connectivity index (χ1n) is 9.41. The molecular weight excluding hydrogens is 375 g/mol. The third-order valence-corrected chi connectivity index (χ3v) is 4.76. The van der Waals surface area contributed by atoms with E-state index in [0.29, 0.717) is 5.56 Å². The molecule has 1 N–H and O–H groups in total. The SMILES string of the molecule is O=C(O)c1ccc(-c2ccc(F)cc2)cc1C#Cc1ccc(-c2ccccc2)cc1. The van der Waals surface area contributed by atoms with Crippen molar-refractivity contribution in [2.24, 2.45) is 0 Å². The molecule has 144 valence electrons. The fraction of sp³-hybridized carbons (Fsp3) is 0. The predicted octanol–water partition coefficient (Wildman–Crippen LogP) is 6.26. The lowest BCUT2D eigenvalue weighted by Gasteiger charge is -2.05. The fourth-order valence-corrected chi connectivity index (χ4v) is 3.17. The Morgan fingerprint density at radius 3 is 1.90 bits per heavy atom. The molecule has 0 radical (unpaired) electrons. The van der Waals surface area contributed by atoms with Gasteiger partial charge in [0.15, 0.2) is 0 Å². The van der Waals surface area contributed by atoms with Crippen molar-refractivity contribution in [1.82, 2.24) is 0 Å². The third kappa shape index (κ3) is 4.29. The minimum atomic E-state index is -1.04. The lowest BCUT2D eigenvalue weighted by molar-refractivity contribution is 0.0696. The van der Waals surface area contributed by atoms with Crippen LogP contribution in [0.25, 0.3) is 22.3 Å². The van der Waals surface area contributed by atoms with Crippen LogP contribution in [0.5, 0.6) is 0 Å². The van der Waals surface area contributed by atoms with Gasteiger partial charge in [-0.1, -0.05) is 72.5 Å². The standard InChI is InChI=1S/C27H17FO2/c28-25-15-12-22(13-16-25)23-14-17-26(27(29)30)24(18-23)11-8-19-6-9-21(10-7-19)20-4-2-1-3-5-20/h1-7,9-10,12-18H,(H,29,30). The first-order valence-corrected chi connectivity index (χ1v) is 9.41. The average molecular weight is 392 g/mol. The summed E-state index contributed by atoms with van der Waals surface area (Å²) in [5.74, 6) is 4.68. The van der Waals surface area contributed by atoms with Crippen LogP contribution >= 0.6 is 0 Å². The summed E-state index contributed by atoms with van der Waals surface area (Å²) >= 11 is 0. The quantitative estimate of drug-likeness (QED) is 0.418. The molecule has 0 bridgehead atoms. The van der Waals surface area contributed by atoms with E-state index in [0.717, 1.165) is 27.8 Å². The van der Waals surface area contributed by atoms with Crippen molar-refractivity contribution in [1.29, 1.82) is 0 Å². The van der Waals surface area contributed by atoms with Crippen LogP contribution in [-0.4, -0.2) is 11.1 Å². The van der Waals surface area contributed by atoms with E-state index in [1.165, 1.54) is 18.2 Å². The molecular formula is C27H17FO2. The van der Waals surface area contributed by atoms with Crippen LogP contribution in [0.2, 0.25) is 0 Å². The highest BCUT2D eigenvalue weighted by molar-refractivity contribution is 5.92. The van der Waals surface area contributed by atoms with Crippen LogP contribution in [0.15, 0.2) is 97.1 Å². The second-order valence-electron chi connectivity index (χ2n) is 6.77. The van der Waals surface area contributed by atoms with E-state index in [4.69, 9.17) is 0 Å². The summed E-state index contributed by atoms with van der Waals surface area (Å²) in [6.45, 7) is 0. The number of hydrogen-bond acceptors (Lipinski definition) is 1. The summed E-state index contributed by atoms with van der Waals surface area (Å²) in [7, 11) is 0. The molecule has 0 spiro atoms. The summed E-state index contributed by atoms with van der Waals surface area (Å²) in [6.07, 6.45) is 0. The van der Waals surface area contributed by atoms with Gasteiger partial charge in [0.25, 0.3) is 0 Å². The van der Waals surface area contributed by atoms with E-state index in [2.05, 4.69) is 11.8 Å². The normalized spacial score (nSPS) is 10.2. The number of halogens is 1. The molecule has 0 aliphatic carbocycles.